The van der Waals surface area contributed by atoms with Crippen LogP contribution in [0.5, 0.6) is 11.5 Å². The minimum Gasteiger partial charge on any atom is -0.496 e. The van der Waals surface area contributed by atoms with Gasteiger partial charge in [-0.05, 0) is 67.4 Å². The fourth-order valence-corrected chi connectivity index (χ4v) is 4.03. The average Bonchev–Trinajstić information content (AvgIpc) is 3.53. The zero-order valence-electron chi connectivity index (χ0n) is 26.6. The Bertz CT molecular complexity index is 1740. The van der Waals surface area contributed by atoms with Crippen LogP contribution in [-0.4, -0.2) is 64.0 Å². The average molecular weight is 716 g/mol. The molecule has 0 atom stereocenters. The fourth-order valence-electron chi connectivity index (χ4n) is 4.03. The number of imidazole rings is 1. The summed E-state index contributed by atoms with van der Waals surface area (Å²) in [6.45, 7) is 4.48. The van der Waals surface area contributed by atoms with E-state index >= 15 is 4.39 Å². The molecule has 50 heavy (non-hydrogen) atoms. The van der Waals surface area contributed by atoms with Gasteiger partial charge in [0, 0.05) is 16.8 Å². The van der Waals surface area contributed by atoms with Gasteiger partial charge in [-0.2, -0.15) is 26.3 Å². The highest BCUT2D eigenvalue weighted by Gasteiger charge is 2.38. The van der Waals surface area contributed by atoms with Crippen LogP contribution in [0.25, 0.3) is 11.3 Å². The van der Waals surface area contributed by atoms with Gasteiger partial charge in [0.05, 0.1) is 37.8 Å². The molecule has 270 valence electrons. The monoisotopic (exact) mass is 715 g/mol. The number of methoxy groups -OCH3 is 1. The van der Waals surface area contributed by atoms with E-state index in [1.807, 2.05) is 61.2 Å². The molecule has 0 aliphatic heterocycles. The summed E-state index contributed by atoms with van der Waals surface area (Å²) in [6, 6.07) is 18.4. The molecule has 0 aliphatic carbocycles. The molecule has 4 rings (SSSR count). The highest BCUT2D eigenvalue weighted by Crippen LogP contribution is 2.36. The molecule has 1 heterocycles. The van der Waals surface area contributed by atoms with Gasteiger partial charge in [0.1, 0.15) is 17.4 Å². The van der Waals surface area contributed by atoms with Gasteiger partial charge in [-0.15, -0.1) is 0 Å². The standard InChI is InChI=1S/C28H30FN5O2.2C2HF3O2/c1-4-18-14-23(27(29)25(15-18)36-5-2)34(20-12-10-19(11-13-20)28(30)31)17-26-32-16-22(33-26)21-8-6-7-9-24(21)35-3;2*3-2(4,5)1(6)7/h6-16H,4-5,17H2,1-3H3,(H3,30,31)(H,32,33);2*(H,6,7). The van der Waals surface area contributed by atoms with Crippen molar-refractivity contribution in [3.05, 3.63) is 89.6 Å². The zero-order valence-corrected chi connectivity index (χ0v) is 26.6. The van der Waals surface area contributed by atoms with Crippen LogP contribution < -0.4 is 20.1 Å². The van der Waals surface area contributed by atoms with Gasteiger partial charge in [0.2, 0.25) is 0 Å². The highest BCUT2D eigenvalue weighted by atomic mass is 19.4. The predicted octanol–water partition coefficient (Wildman–Crippen LogP) is 7.07. The topological polar surface area (TPSA) is 175 Å². The van der Waals surface area contributed by atoms with Crippen LogP contribution >= 0.6 is 0 Å². The Kier molecular flexibility index (Phi) is 14.2. The molecule has 0 spiro atoms. The number of nitrogens with one attached hydrogen (secondary N) is 2. The lowest BCUT2D eigenvalue weighted by Gasteiger charge is -2.26. The van der Waals surface area contributed by atoms with Crippen molar-refractivity contribution in [3.63, 3.8) is 0 Å². The maximum Gasteiger partial charge on any atom is 0.490 e. The number of carbonyl (C=O) groups is 2. The predicted molar refractivity (Wildman–Crippen MR) is 168 cm³/mol. The third-order valence-corrected chi connectivity index (χ3v) is 6.39. The third kappa shape index (κ3) is 11.4. The maximum atomic E-state index is 15.7. The van der Waals surface area contributed by atoms with Gasteiger partial charge >= 0.3 is 24.3 Å². The fraction of sp³-hybridized carbons (Fsp3) is 0.250. The number of aliphatic carboxylic acids is 2. The van der Waals surface area contributed by atoms with Crippen LogP contribution in [0.15, 0.2) is 66.9 Å². The number of ether oxygens (including phenoxy) is 2. The van der Waals surface area contributed by atoms with Crippen molar-refractivity contribution >= 4 is 29.1 Å². The molecule has 0 saturated carbocycles. The first kappa shape index (κ1) is 40.4. The highest BCUT2D eigenvalue weighted by molar-refractivity contribution is 5.95. The van der Waals surface area contributed by atoms with Crippen molar-refractivity contribution in [2.45, 2.75) is 39.2 Å². The van der Waals surface area contributed by atoms with E-state index in [4.69, 9.17) is 40.4 Å². The number of aryl methyl sites for hydroxylation is 1. The number of benzene rings is 3. The third-order valence-electron chi connectivity index (χ3n) is 6.39. The minimum absolute atomic E-state index is 0.0293. The van der Waals surface area contributed by atoms with Crippen LogP contribution in [0.2, 0.25) is 0 Å². The summed E-state index contributed by atoms with van der Waals surface area (Å²) in [6.07, 6.45) is -7.70. The van der Waals surface area contributed by atoms with Crippen molar-refractivity contribution in [2.75, 3.05) is 18.6 Å². The lowest BCUT2D eigenvalue weighted by molar-refractivity contribution is -0.193. The molecule has 6 N–H and O–H groups in total. The summed E-state index contributed by atoms with van der Waals surface area (Å²) in [5.74, 6) is -4.40. The normalized spacial score (nSPS) is 10.9. The Morgan fingerprint density at radius 3 is 1.98 bits per heavy atom. The minimum atomic E-state index is -5.08. The number of aromatic amines is 1. The number of para-hydroxylation sites is 1. The Balaban J connectivity index is 0.000000521. The number of carboxylic acid groups (broad SMARTS) is 2. The Labute approximate surface area is 280 Å². The van der Waals surface area contributed by atoms with Crippen molar-refractivity contribution < 1.29 is 60.0 Å². The summed E-state index contributed by atoms with van der Waals surface area (Å²) in [4.78, 5) is 27.6. The second-order valence-electron chi connectivity index (χ2n) is 9.81. The summed E-state index contributed by atoms with van der Waals surface area (Å²) in [5, 5.41) is 21.9. The van der Waals surface area contributed by atoms with Crippen LogP contribution in [0.4, 0.5) is 42.1 Å². The van der Waals surface area contributed by atoms with E-state index in [1.165, 1.54) is 0 Å². The molecule has 11 nitrogen and oxygen atoms in total. The second-order valence-corrected chi connectivity index (χ2v) is 9.81. The van der Waals surface area contributed by atoms with Crippen LogP contribution in [0, 0.1) is 11.2 Å². The number of alkyl halides is 6. The summed E-state index contributed by atoms with van der Waals surface area (Å²) >= 11 is 0. The summed E-state index contributed by atoms with van der Waals surface area (Å²) in [7, 11) is 1.63. The van der Waals surface area contributed by atoms with Gasteiger partial charge in [-0.1, -0.05) is 19.1 Å². The number of aromatic nitrogens is 2. The quantitative estimate of drug-likeness (QED) is 0.0653. The van der Waals surface area contributed by atoms with E-state index in [1.54, 1.807) is 31.5 Å². The largest absolute Gasteiger partial charge is 0.496 e. The van der Waals surface area contributed by atoms with Crippen molar-refractivity contribution in [1.82, 2.24) is 9.97 Å². The first-order chi connectivity index (χ1) is 23.3. The number of anilines is 2. The summed E-state index contributed by atoms with van der Waals surface area (Å²) in [5.41, 5.74) is 9.97. The maximum absolute atomic E-state index is 15.7. The molecule has 0 radical (unpaired) electrons. The number of H-pyrrole nitrogens is 1. The molecular weight excluding hydrogens is 683 g/mol. The first-order valence-electron chi connectivity index (χ1n) is 14.3. The number of rotatable bonds is 10. The first-order valence-corrected chi connectivity index (χ1v) is 14.3. The van der Waals surface area contributed by atoms with Crippen LogP contribution in [0.3, 0.4) is 0 Å². The SMILES string of the molecule is CCOc1cc(CC)cc(N(Cc2ncc(-c3ccccc3OC)[nH]2)c2ccc(C(=N)N)cc2)c1F.O=C(O)C(F)(F)F.O=C(O)C(F)(F)F. The summed E-state index contributed by atoms with van der Waals surface area (Å²) < 4.78 is 90.3. The van der Waals surface area contributed by atoms with Gasteiger partial charge in [0.25, 0.3) is 0 Å². The number of hydrogen-bond donors (Lipinski definition) is 5. The van der Waals surface area contributed by atoms with Gasteiger partial charge in [-0.25, -0.2) is 19.0 Å². The number of hydrogen-bond acceptors (Lipinski definition) is 7. The lowest BCUT2D eigenvalue weighted by atomic mass is 10.1. The Morgan fingerprint density at radius 1 is 0.940 bits per heavy atom. The molecule has 0 bridgehead atoms. The molecular formula is C32H32F7N5O6. The van der Waals surface area contributed by atoms with E-state index in [2.05, 4.69) is 9.97 Å². The van der Waals surface area contributed by atoms with E-state index in [0.29, 0.717) is 23.7 Å². The Hall–Kier alpha value is -5.81. The van der Waals surface area contributed by atoms with Crippen LogP contribution in [0.1, 0.15) is 30.8 Å². The molecule has 0 saturated heterocycles. The number of nitrogens with zero attached hydrogens (tertiary/aromatic N) is 2. The molecule has 0 unspecified atom stereocenters. The number of nitrogens with two attached hydrogens (primary N) is 1. The van der Waals surface area contributed by atoms with Crippen molar-refractivity contribution in [3.8, 4) is 22.8 Å². The molecule has 1 aromatic heterocycles. The van der Waals surface area contributed by atoms with Crippen LogP contribution in [-0.2, 0) is 22.6 Å². The van der Waals surface area contributed by atoms with Gasteiger partial charge < -0.3 is 35.3 Å². The van der Waals surface area contributed by atoms with Crippen molar-refractivity contribution in [1.29, 1.82) is 5.41 Å². The van der Waals surface area contributed by atoms with Gasteiger partial charge in [-0.3, -0.25) is 5.41 Å². The molecule has 0 fully saturated rings. The van der Waals surface area contributed by atoms with Crippen molar-refractivity contribution in [2.24, 2.45) is 5.73 Å². The number of carboxylic acids is 2. The second kappa shape index (κ2) is 17.5. The lowest BCUT2D eigenvalue weighted by Crippen LogP contribution is -2.21. The van der Waals surface area contributed by atoms with E-state index in [-0.39, 0.29) is 18.1 Å². The molecule has 18 heteroatoms. The molecule has 0 aliphatic rings. The number of nitrogen functional groups attached to an aromatic ring is 1. The number of halogens is 7. The zero-order chi connectivity index (χ0) is 37.8. The number of amidine groups is 1. The molecule has 4 aromatic rings. The molecule has 0 amide bonds. The van der Waals surface area contributed by atoms with Gasteiger partial charge in [0.15, 0.2) is 11.6 Å². The smallest absolute Gasteiger partial charge is 0.490 e. The van der Waals surface area contributed by atoms with E-state index < -0.39 is 30.1 Å². The van der Waals surface area contributed by atoms with E-state index in [9.17, 15) is 26.3 Å². The van der Waals surface area contributed by atoms with E-state index in [0.717, 1.165) is 34.7 Å². The Morgan fingerprint density at radius 2 is 1.50 bits per heavy atom. The molecule has 3 aromatic carbocycles.